The van der Waals surface area contributed by atoms with Gasteiger partial charge in [0.1, 0.15) is 0 Å². The van der Waals surface area contributed by atoms with Gasteiger partial charge in [-0.3, -0.25) is 9.59 Å². The van der Waals surface area contributed by atoms with Gasteiger partial charge < -0.3 is 10.2 Å². The Balaban J connectivity index is 2.00. The molecule has 0 bridgehead atoms. The van der Waals surface area contributed by atoms with E-state index in [2.05, 4.69) is 21.2 Å². The number of rotatable bonds is 5. The molecule has 2 aromatic carbocycles. The van der Waals surface area contributed by atoms with Crippen LogP contribution in [0.15, 0.2) is 46.9 Å². The molecule has 2 amide bonds. The molecule has 24 heavy (non-hydrogen) atoms. The summed E-state index contributed by atoms with van der Waals surface area (Å²) >= 11 is 3.34. The van der Waals surface area contributed by atoms with Gasteiger partial charge in [-0.2, -0.15) is 0 Å². The summed E-state index contributed by atoms with van der Waals surface area (Å²) in [5.41, 5.74) is 3.68. The van der Waals surface area contributed by atoms with E-state index in [1.54, 1.807) is 17.0 Å². The van der Waals surface area contributed by atoms with Gasteiger partial charge >= 0.3 is 0 Å². The van der Waals surface area contributed by atoms with Gasteiger partial charge in [-0.1, -0.05) is 33.6 Å². The number of carbonyl (C=O) groups excluding carboxylic acids is 2. The molecule has 0 fully saturated rings. The Hall–Kier alpha value is -2.14. The quantitative estimate of drug-likeness (QED) is 0.845. The van der Waals surface area contributed by atoms with Crippen LogP contribution in [0, 0.1) is 13.8 Å². The fraction of sp³-hybridized carbons (Fsp3) is 0.263. The fourth-order valence-corrected chi connectivity index (χ4v) is 2.80. The van der Waals surface area contributed by atoms with Crippen molar-refractivity contribution in [2.24, 2.45) is 0 Å². The lowest BCUT2D eigenvalue weighted by Gasteiger charge is -2.23. The average molecular weight is 389 g/mol. The molecule has 1 N–H and O–H groups in total. The molecule has 0 aliphatic carbocycles. The summed E-state index contributed by atoms with van der Waals surface area (Å²) in [5.74, 6) is -0.188. The molecule has 0 aliphatic rings. The van der Waals surface area contributed by atoms with Gasteiger partial charge in [0.2, 0.25) is 5.91 Å². The van der Waals surface area contributed by atoms with E-state index in [1.807, 2.05) is 44.2 Å². The van der Waals surface area contributed by atoms with E-state index in [4.69, 9.17) is 0 Å². The molecule has 2 aromatic rings. The maximum Gasteiger partial charge on any atom is 0.251 e. The van der Waals surface area contributed by atoms with E-state index in [1.165, 1.54) is 6.92 Å². The third-order valence-corrected chi connectivity index (χ3v) is 4.28. The number of carbonyl (C=O) groups is 2. The van der Waals surface area contributed by atoms with E-state index in [0.717, 1.165) is 21.3 Å². The highest BCUT2D eigenvalue weighted by Crippen LogP contribution is 2.21. The van der Waals surface area contributed by atoms with Crippen molar-refractivity contribution in [3.05, 3.63) is 63.6 Å². The SMILES string of the molecule is CC(=O)N(CCNC(=O)c1ccc(Br)cc1)c1ccc(C)cc1C. The third kappa shape index (κ3) is 4.68. The molecule has 0 unspecified atom stereocenters. The number of amides is 2. The molecule has 0 heterocycles. The summed E-state index contributed by atoms with van der Waals surface area (Å²) in [5, 5.41) is 2.86. The first-order valence-electron chi connectivity index (χ1n) is 7.77. The number of halogens is 1. The maximum absolute atomic E-state index is 12.1. The summed E-state index contributed by atoms with van der Waals surface area (Å²) in [6, 6.07) is 13.1. The van der Waals surface area contributed by atoms with Crippen molar-refractivity contribution in [2.75, 3.05) is 18.0 Å². The number of anilines is 1. The lowest BCUT2D eigenvalue weighted by atomic mass is 10.1. The third-order valence-electron chi connectivity index (χ3n) is 3.75. The topological polar surface area (TPSA) is 49.4 Å². The Morgan fingerprint density at radius 2 is 1.75 bits per heavy atom. The van der Waals surface area contributed by atoms with Gasteiger partial charge in [-0.05, 0) is 49.7 Å². The summed E-state index contributed by atoms with van der Waals surface area (Å²) < 4.78 is 0.927. The van der Waals surface area contributed by atoms with Crippen LogP contribution in [0.25, 0.3) is 0 Å². The Bertz CT molecular complexity index is 742. The van der Waals surface area contributed by atoms with Crippen LogP contribution in [0.3, 0.4) is 0 Å². The molecule has 0 atom stereocenters. The molecule has 2 rings (SSSR count). The first kappa shape index (κ1) is 18.2. The zero-order valence-corrected chi connectivity index (χ0v) is 15.7. The van der Waals surface area contributed by atoms with Crippen molar-refractivity contribution in [3.8, 4) is 0 Å². The van der Waals surface area contributed by atoms with Crippen LogP contribution in [-0.4, -0.2) is 24.9 Å². The number of nitrogens with one attached hydrogen (secondary N) is 1. The molecule has 0 spiro atoms. The number of aryl methyl sites for hydroxylation is 2. The highest BCUT2D eigenvalue weighted by molar-refractivity contribution is 9.10. The van der Waals surface area contributed by atoms with Crippen molar-refractivity contribution in [1.29, 1.82) is 0 Å². The molecule has 5 heteroatoms. The van der Waals surface area contributed by atoms with E-state index in [-0.39, 0.29) is 11.8 Å². The van der Waals surface area contributed by atoms with Gasteiger partial charge in [0, 0.05) is 35.7 Å². The first-order valence-corrected chi connectivity index (χ1v) is 8.57. The molecule has 0 radical (unpaired) electrons. The number of benzene rings is 2. The highest BCUT2D eigenvalue weighted by Gasteiger charge is 2.14. The first-order chi connectivity index (χ1) is 11.4. The predicted molar refractivity (Wildman–Crippen MR) is 100 cm³/mol. The molecule has 126 valence electrons. The molecular formula is C19H21BrN2O2. The van der Waals surface area contributed by atoms with Gasteiger partial charge in [0.15, 0.2) is 0 Å². The minimum Gasteiger partial charge on any atom is -0.350 e. The fourth-order valence-electron chi connectivity index (χ4n) is 2.54. The van der Waals surface area contributed by atoms with Crippen LogP contribution in [0.4, 0.5) is 5.69 Å². The van der Waals surface area contributed by atoms with Crippen molar-refractivity contribution in [1.82, 2.24) is 5.32 Å². The van der Waals surface area contributed by atoms with Crippen molar-refractivity contribution in [2.45, 2.75) is 20.8 Å². The standard InChI is InChI=1S/C19H21BrN2O2/c1-13-4-9-18(14(2)12-13)22(15(3)23)11-10-21-19(24)16-5-7-17(20)8-6-16/h4-9,12H,10-11H2,1-3H3,(H,21,24). The monoisotopic (exact) mass is 388 g/mol. The molecule has 0 aromatic heterocycles. The van der Waals surface area contributed by atoms with E-state index in [9.17, 15) is 9.59 Å². The Kier molecular flexibility index (Phi) is 6.15. The molecule has 0 saturated heterocycles. The number of hydrogen-bond acceptors (Lipinski definition) is 2. The minimum atomic E-state index is -0.147. The second-order valence-corrected chi connectivity index (χ2v) is 6.64. The molecule has 0 aliphatic heterocycles. The van der Waals surface area contributed by atoms with Crippen LogP contribution in [0.1, 0.15) is 28.4 Å². The summed E-state index contributed by atoms with van der Waals surface area (Å²) in [6.45, 7) is 6.37. The van der Waals surface area contributed by atoms with E-state index < -0.39 is 0 Å². The second kappa shape index (κ2) is 8.11. The lowest BCUT2D eigenvalue weighted by molar-refractivity contribution is -0.116. The summed E-state index contributed by atoms with van der Waals surface area (Å²) in [4.78, 5) is 25.8. The van der Waals surface area contributed by atoms with Crippen molar-refractivity contribution < 1.29 is 9.59 Å². The van der Waals surface area contributed by atoms with Gasteiger partial charge in [-0.15, -0.1) is 0 Å². The summed E-state index contributed by atoms with van der Waals surface area (Å²) in [6.07, 6.45) is 0. The minimum absolute atomic E-state index is 0.0418. The molecule has 0 saturated carbocycles. The highest BCUT2D eigenvalue weighted by atomic mass is 79.9. The van der Waals surface area contributed by atoms with Crippen LogP contribution in [0.2, 0.25) is 0 Å². The average Bonchev–Trinajstić information content (AvgIpc) is 2.52. The van der Waals surface area contributed by atoms with Crippen LogP contribution in [-0.2, 0) is 4.79 Å². The Morgan fingerprint density at radius 3 is 2.33 bits per heavy atom. The lowest BCUT2D eigenvalue weighted by Crippen LogP contribution is -2.37. The van der Waals surface area contributed by atoms with Crippen LogP contribution < -0.4 is 10.2 Å². The Labute approximate surface area is 151 Å². The van der Waals surface area contributed by atoms with E-state index in [0.29, 0.717) is 18.7 Å². The second-order valence-electron chi connectivity index (χ2n) is 5.72. The number of hydrogen-bond donors (Lipinski definition) is 1. The zero-order valence-electron chi connectivity index (χ0n) is 14.1. The maximum atomic E-state index is 12.1. The molecular weight excluding hydrogens is 368 g/mol. The van der Waals surface area contributed by atoms with Crippen LogP contribution >= 0.6 is 15.9 Å². The zero-order chi connectivity index (χ0) is 17.7. The van der Waals surface area contributed by atoms with Gasteiger partial charge in [0.05, 0.1) is 0 Å². The van der Waals surface area contributed by atoms with Crippen LogP contribution in [0.5, 0.6) is 0 Å². The normalized spacial score (nSPS) is 10.3. The molecule has 4 nitrogen and oxygen atoms in total. The van der Waals surface area contributed by atoms with Gasteiger partial charge in [-0.25, -0.2) is 0 Å². The van der Waals surface area contributed by atoms with Gasteiger partial charge in [0.25, 0.3) is 5.91 Å². The Morgan fingerprint density at radius 1 is 1.08 bits per heavy atom. The predicted octanol–water partition coefficient (Wildman–Crippen LogP) is 3.85. The smallest absolute Gasteiger partial charge is 0.251 e. The number of nitrogens with zero attached hydrogens (tertiary/aromatic N) is 1. The van der Waals surface area contributed by atoms with E-state index >= 15 is 0 Å². The largest absolute Gasteiger partial charge is 0.350 e. The van der Waals surface area contributed by atoms with Crippen molar-refractivity contribution >= 4 is 33.4 Å². The van der Waals surface area contributed by atoms with Crippen molar-refractivity contribution in [3.63, 3.8) is 0 Å². The summed E-state index contributed by atoms with van der Waals surface area (Å²) in [7, 11) is 0.